The van der Waals surface area contributed by atoms with Crippen LogP contribution in [0.1, 0.15) is 10.4 Å². The van der Waals surface area contributed by atoms with Gasteiger partial charge in [0.1, 0.15) is 5.70 Å². The van der Waals surface area contributed by atoms with Crippen LogP contribution in [0, 0.1) is 0 Å². The van der Waals surface area contributed by atoms with Gasteiger partial charge in [-0.05, 0) is 12.1 Å². The summed E-state index contributed by atoms with van der Waals surface area (Å²) in [7, 11) is 1.11. The Morgan fingerprint density at radius 1 is 1.22 bits per heavy atom. The molecule has 0 aliphatic carbocycles. The Labute approximate surface area is 103 Å². The third-order valence-electron chi connectivity index (χ3n) is 1.98. The average molecular weight is 249 g/mol. The highest BCUT2D eigenvalue weighted by Gasteiger charge is 2.14. The number of carboxylic acids is 1. The molecule has 94 valence electrons. The second-order valence-corrected chi connectivity index (χ2v) is 3.21. The average Bonchev–Trinajstić information content (AvgIpc) is 2.38. The van der Waals surface area contributed by atoms with Gasteiger partial charge in [0.2, 0.25) is 0 Å². The van der Waals surface area contributed by atoms with Crippen LogP contribution in [-0.2, 0) is 14.3 Å². The highest BCUT2D eigenvalue weighted by molar-refractivity contribution is 6.03. The lowest BCUT2D eigenvalue weighted by Crippen LogP contribution is -2.28. The zero-order chi connectivity index (χ0) is 13.5. The van der Waals surface area contributed by atoms with Crippen LogP contribution in [0.2, 0.25) is 0 Å². The van der Waals surface area contributed by atoms with E-state index >= 15 is 0 Å². The van der Waals surface area contributed by atoms with E-state index in [4.69, 9.17) is 5.11 Å². The first-order chi connectivity index (χ1) is 8.54. The summed E-state index contributed by atoms with van der Waals surface area (Å²) in [4.78, 5) is 33.4. The van der Waals surface area contributed by atoms with Gasteiger partial charge in [0.25, 0.3) is 5.91 Å². The molecule has 0 unspecified atom stereocenters. The SMILES string of the molecule is COC(=O)/C=C(/NC(=O)c1ccccc1)C(=O)O. The highest BCUT2D eigenvalue weighted by Crippen LogP contribution is 2.00. The van der Waals surface area contributed by atoms with Crippen molar-refractivity contribution in [3.8, 4) is 0 Å². The topological polar surface area (TPSA) is 92.7 Å². The molecule has 0 spiro atoms. The van der Waals surface area contributed by atoms with Crippen molar-refractivity contribution in [1.29, 1.82) is 0 Å². The van der Waals surface area contributed by atoms with E-state index in [2.05, 4.69) is 10.1 Å². The summed E-state index contributed by atoms with van der Waals surface area (Å²) in [5, 5.41) is 10.9. The van der Waals surface area contributed by atoms with Crippen molar-refractivity contribution in [3.05, 3.63) is 47.7 Å². The smallest absolute Gasteiger partial charge is 0.352 e. The summed E-state index contributed by atoms with van der Waals surface area (Å²) >= 11 is 0. The molecule has 0 aliphatic rings. The molecule has 2 N–H and O–H groups in total. The van der Waals surface area contributed by atoms with Crippen LogP contribution in [0.25, 0.3) is 0 Å². The third-order valence-corrected chi connectivity index (χ3v) is 1.98. The lowest BCUT2D eigenvalue weighted by Gasteiger charge is -2.05. The summed E-state index contributed by atoms with van der Waals surface area (Å²) < 4.78 is 4.29. The minimum Gasteiger partial charge on any atom is -0.477 e. The first-order valence-electron chi connectivity index (χ1n) is 4.94. The second-order valence-electron chi connectivity index (χ2n) is 3.21. The number of nitrogens with one attached hydrogen (secondary N) is 1. The molecule has 0 bridgehead atoms. The highest BCUT2D eigenvalue weighted by atomic mass is 16.5. The zero-order valence-corrected chi connectivity index (χ0v) is 9.54. The van der Waals surface area contributed by atoms with E-state index in [0.29, 0.717) is 6.08 Å². The quantitative estimate of drug-likeness (QED) is 0.600. The minimum atomic E-state index is -1.43. The number of esters is 1. The molecule has 6 nitrogen and oxygen atoms in total. The Hall–Kier alpha value is -2.63. The number of carbonyl (C=O) groups excluding carboxylic acids is 2. The monoisotopic (exact) mass is 249 g/mol. The summed E-state index contributed by atoms with van der Waals surface area (Å²) in [5.74, 6) is -2.90. The molecule has 0 aromatic heterocycles. The maximum Gasteiger partial charge on any atom is 0.352 e. The third kappa shape index (κ3) is 3.75. The molecule has 0 fully saturated rings. The number of aliphatic carboxylic acids is 1. The number of benzene rings is 1. The van der Waals surface area contributed by atoms with Crippen LogP contribution in [0.5, 0.6) is 0 Å². The van der Waals surface area contributed by atoms with E-state index in [-0.39, 0.29) is 5.56 Å². The lowest BCUT2D eigenvalue weighted by atomic mass is 10.2. The Balaban J connectivity index is 2.86. The molecular weight excluding hydrogens is 238 g/mol. The molecule has 1 aromatic rings. The van der Waals surface area contributed by atoms with Gasteiger partial charge >= 0.3 is 11.9 Å². The zero-order valence-electron chi connectivity index (χ0n) is 9.54. The summed E-state index contributed by atoms with van der Waals surface area (Å²) in [6, 6.07) is 8.04. The number of amides is 1. The van der Waals surface area contributed by atoms with Gasteiger partial charge in [-0.2, -0.15) is 0 Å². The lowest BCUT2D eigenvalue weighted by molar-refractivity contribution is -0.137. The fraction of sp³-hybridized carbons (Fsp3) is 0.0833. The fourth-order valence-electron chi connectivity index (χ4n) is 1.11. The number of carbonyl (C=O) groups is 3. The summed E-state index contributed by atoms with van der Waals surface area (Å²) in [5.41, 5.74) is -0.259. The predicted octanol–water partition coefficient (Wildman–Crippen LogP) is 0.558. The van der Waals surface area contributed by atoms with Crippen LogP contribution >= 0.6 is 0 Å². The van der Waals surface area contributed by atoms with Crippen molar-refractivity contribution >= 4 is 17.8 Å². The molecule has 0 saturated carbocycles. The van der Waals surface area contributed by atoms with Crippen molar-refractivity contribution < 1.29 is 24.2 Å². The van der Waals surface area contributed by atoms with Gasteiger partial charge in [-0.3, -0.25) is 4.79 Å². The Kier molecular flexibility index (Phi) is 4.62. The second kappa shape index (κ2) is 6.19. The first kappa shape index (κ1) is 13.4. The predicted molar refractivity (Wildman–Crippen MR) is 61.6 cm³/mol. The normalized spacial score (nSPS) is 10.6. The molecule has 1 amide bonds. The van der Waals surface area contributed by atoms with Crippen LogP contribution < -0.4 is 5.32 Å². The van der Waals surface area contributed by atoms with Gasteiger partial charge in [0.05, 0.1) is 13.2 Å². The maximum absolute atomic E-state index is 11.7. The number of ether oxygens (including phenoxy) is 1. The number of carboxylic acid groups (broad SMARTS) is 1. The van der Waals surface area contributed by atoms with E-state index in [0.717, 1.165) is 7.11 Å². The Morgan fingerprint density at radius 3 is 2.33 bits per heavy atom. The standard InChI is InChI=1S/C12H11NO5/c1-18-10(14)7-9(12(16)17)13-11(15)8-5-3-2-4-6-8/h2-7H,1H3,(H,13,15)(H,16,17)/b9-7+. The molecule has 0 atom stereocenters. The summed E-state index contributed by atoms with van der Waals surface area (Å²) in [6.45, 7) is 0. The Bertz CT molecular complexity index is 492. The molecule has 0 aliphatic heterocycles. The van der Waals surface area contributed by atoms with Gasteiger partial charge in [0, 0.05) is 5.56 Å². The van der Waals surface area contributed by atoms with Crippen molar-refractivity contribution in [3.63, 3.8) is 0 Å². The Morgan fingerprint density at radius 2 is 1.83 bits per heavy atom. The van der Waals surface area contributed by atoms with E-state index in [1.807, 2.05) is 0 Å². The van der Waals surface area contributed by atoms with Gasteiger partial charge in [-0.25, -0.2) is 9.59 Å². The van der Waals surface area contributed by atoms with E-state index in [1.54, 1.807) is 18.2 Å². The van der Waals surface area contributed by atoms with Crippen molar-refractivity contribution in [2.75, 3.05) is 7.11 Å². The molecule has 6 heteroatoms. The summed E-state index contributed by atoms with van der Waals surface area (Å²) in [6.07, 6.45) is 0.698. The van der Waals surface area contributed by atoms with Crippen molar-refractivity contribution in [2.45, 2.75) is 0 Å². The number of rotatable bonds is 4. The van der Waals surface area contributed by atoms with Crippen LogP contribution in [-0.4, -0.2) is 30.1 Å². The minimum absolute atomic E-state index is 0.287. The van der Waals surface area contributed by atoms with Gasteiger partial charge in [-0.1, -0.05) is 18.2 Å². The molecular formula is C12H11NO5. The number of hydrogen-bond acceptors (Lipinski definition) is 4. The first-order valence-corrected chi connectivity index (χ1v) is 4.94. The van der Waals surface area contributed by atoms with Gasteiger partial charge in [0.15, 0.2) is 0 Å². The molecule has 1 rings (SSSR count). The van der Waals surface area contributed by atoms with Gasteiger partial charge in [-0.15, -0.1) is 0 Å². The maximum atomic E-state index is 11.7. The van der Waals surface area contributed by atoms with Crippen molar-refractivity contribution in [2.24, 2.45) is 0 Å². The van der Waals surface area contributed by atoms with Crippen LogP contribution in [0.3, 0.4) is 0 Å². The van der Waals surface area contributed by atoms with Crippen LogP contribution in [0.15, 0.2) is 42.1 Å². The molecule has 18 heavy (non-hydrogen) atoms. The van der Waals surface area contributed by atoms with Gasteiger partial charge < -0.3 is 15.2 Å². The van der Waals surface area contributed by atoms with E-state index < -0.39 is 23.5 Å². The number of hydrogen-bond donors (Lipinski definition) is 2. The molecule has 1 aromatic carbocycles. The van der Waals surface area contributed by atoms with E-state index in [9.17, 15) is 14.4 Å². The fourth-order valence-corrected chi connectivity index (χ4v) is 1.11. The molecule has 0 radical (unpaired) electrons. The largest absolute Gasteiger partial charge is 0.477 e. The van der Waals surface area contributed by atoms with Crippen LogP contribution in [0.4, 0.5) is 0 Å². The van der Waals surface area contributed by atoms with Crippen molar-refractivity contribution in [1.82, 2.24) is 5.32 Å². The number of methoxy groups -OCH3 is 1. The molecule has 0 heterocycles. The van der Waals surface area contributed by atoms with E-state index in [1.165, 1.54) is 12.1 Å². The molecule has 0 saturated heterocycles.